The molecule has 0 saturated carbocycles. The minimum atomic E-state index is -1.25. The van der Waals surface area contributed by atoms with E-state index in [1.807, 2.05) is 25.1 Å². The van der Waals surface area contributed by atoms with Crippen LogP contribution in [0, 0.1) is 0 Å². The molecule has 0 saturated heterocycles. The average Bonchev–Trinajstić information content (AvgIpc) is 2.65. The minimum Gasteiger partial charge on any atom is -0.489 e. The van der Waals surface area contributed by atoms with Crippen molar-refractivity contribution >= 4 is 16.8 Å². The number of carbonyl (C=O) groups is 1. The first-order chi connectivity index (χ1) is 13.6. The standard InChI is InChI=1S/C24H30O5/c1-17(8-12-22(25)24(3,4)27)6-5-7-18(2)14-15-28-20-11-9-19-10-13-23(26)29-21(19)16-20/h6,9-11,13-14,16,27H,5,7-8,12,15H2,1-4H3/b17-6-,18-14+. The summed E-state index contributed by atoms with van der Waals surface area (Å²) in [6.07, 6.45) is 7.01. The van der Waals surface area contributed by atoms with Gasteiger partial charge in [-0.1, -0.05) is 17.2 Å². The lowest BCUT2D eigenvalue weighted by Crippen LogP contribution is -2.30. The number of ketones is 1. The maximum Gasteiger partial charge on any atom is 0.336 e. The Morgan fingerprint density at radius 1 is 1.07 bits per heavy atom. The molecule has 29 heavy (non-hydrogen) atoms. The summed E-state index contributed by atoms with van der Waals surface area (Å²) in [6.45, 7) is 7.57. The summed E-state index contributed by atoms with van der Waals surface area (Å²) in [7, 11) is 0. The summed E-state index contributed by atoms with van der Waals surface area (Å²) in [4.78, 5) is 23.1. The van der Waals surface area contributed by atoms with Crippen molar-refractivity contribution in [2.24, 2.45) is 0 Å². The van der Waals surface area contributed by atoms with Crippen molar-refractivity contribution in [2.75, 3.05) is 6.61 Å². The van der Waals surface area contributed by atoms with E-state index in [0.29, 0.717) is 30.8 Å². The van der Waals surface area contributed by atoms with Crippen LogP contribution in [-0.4, -0.2) is 23.1 Å². The van der Waals surface area contributed by atoms with E-state index in [0.717, 1.165) is 23.8 Å². The van der Waals surface area contributed by atoms with Crippen molar-refractivity contribution in [1.29, 1.82) is 0 Å². The van der Waals surface area contributed by atoms with Crippen molar-refractivity contribution in [3.8, 4) is 5.75 Å². The SMILES string of the molecule is C/C(=C/CC/C(C)=C/COc1ccc2ccc(=O)oc2c1)CCC(=O)C(C)(C)O. The largest absolute Gasteiger partial charge is 0.489 e. The molecule has 156 valence electrons. The van der Waals surface area contributed by atoms with Crippen LogP contribution in [0.3, 0.4) is 0 Å². The summed E-state index contributed by atoms with van der Waals surface area (Å²) in [5, 5.41) is 10.5. The topological polar surface area (TPSA) is 76.7 Å². The van der Waals surface area contributed by atoms with E-state index in [1.165, 1.54) is 25.5 Å². The monoisotopic (exact) mass is 398 g/mol. The second-order valence-corrected chi connectivity index (χ2v) is 7.89. The number of carbonyl (C=O) groups excluding carboxylic acids is 1. The number of fused-ring (bicyclic) bond motifs is 1. The zero-order valence-electron chi connectivity index (χ0n) is 17.7. The van der Waals surface area contributed by atoms with Gasteiger partial charge < -0.3 is 14.3 Å². The van der Waals surface area contributed by atoms with Crippen LogP contribution in [0.1, 0.15) is 53.4 Å². The van der Waals surface area contributed by atoms with Gasteiger partial charge in [0, 0.05) is 23.9 Å². The van der Waals surface area contributed by atoms with Crippen molar-refractivity contribution in [3.63, 3.8) is 0 Å². The van der Waals surface area contributed by atoms with Crippen LogP contribution in [-0.2, 0) is 4.79 Å². The van der Waals surface area contributed by atoms with Crippen LogP contribution in [0.25, 0.3) is 11.0 Å². The smallest absolute Gasteiger partial charge is 0.336 e. The van der Waals surface area contributed by atoms with Gasteiger partial charge in [0.25, 0.3) is 0 Å². The fourth-order valence-electron chi connectivity index (χ4n) is 2.78. The van der Waals surface area contributed by atoms with Crippen LogP contribution in [0.5, 0.6) is 5.75 Å². The predicted molar refractivity (Wildman–Crippen MR) is 115 cm³/mol. The number of ether oxygens (including phenoxy) is 1. The summed E-state index contributed by atoms with van der Waals surface area (Å²) in [5.41, 5.74) is 1.26. The van der Waals surface area contributed by atoms with Gasteiger partial charge in [0.1, 0.15) is 23.5 Å². The Bertz CT molecular complexity index is 957. The molecular formula is C24H30O5. The molecule has 1 heterocycles. The molecular weight excluding hydrogens is 368 g/mol. The zero-order chi connectivity index (χ0) is 21.4. The molecule has 0 aliphatic rings. The van der Waals surface area contributed by atoms with Crippen molar-refractivity contribution in [3.05, 3.63) is 64.1 Å². The molecule has 0 aliphatic carbocycles. The third-order valence-corrected chi connectivity index (χ3v) is 4.74. The second-order valence-electron chi connectivity index (χ2n) is 7.89. The molecule has 1 N–H and O–H groups in total. The molecule has 5 nitrogen and oxygen atoms in total. The molecule has 0 amide bonds. The quantitative estimate of drug-likeness (QED) is 0.452. The first-order valence-electron chi connectivity index (χ1n) is 9.89. The zero-order valence-corrected chi connectivity index (χ0v) is 17.7. The summed E-state index contributed by atoms with van der Waals surface area (Å²) < 4.78 is 10.9. The van der Waals surface area contributed by atoms with Gasteiger partial charge in [0.2, 0.25) is 0 Å². The number of benzene rings is 1. The van der Waals surface area contributed by atoms with Crippen LogP contribution >= 0.6 is 0 Å². The molecule has 0 fully saturated rings. The summed E-state index contributed by atoms with van der Waals surface area (Å²) in [6, 6.07) is 8.56. The third kappa shape index (κ3) is 7.70. The van der Waals surface area contributed by atoms with Gasteiger partial charge in [-0.2, -0.15) is 0 Å². The van der Waals surface area contributed by atoms with E-state index in [2.05, 4.69) is 13.0 Å². The number of Topliss-reactive ketones (excluding diaryl/α,β-unsaturated/α-hetero) is 1. The Morgan fingerprint density at radius 2 is 1.76 bits per heavy atom. The molecule has 0 bridgehead atoms. The molecule has 0 aliphatic heterocycles. The van der Waals surface area contributed by atoms with Gasteiger partial charge in [-0.15, -0.1) is 0 Å². The van der Waals surface area contributed by atoms with Crippen LogP contribution < -0.4 is 10.4 Å². The highest BCUT2D eigenvalue weighted by Gasteiger charge is 2.22. The fraction of sp³-hybridized carbons (Fsp3) is 0.417. The number of hydrogen-bond acceptors (Lipinski definition) is 5. The van der Waals surface area contributed by atoms with Gasteiger partial charge in [-0.3, -0.25) is 4.79 Å². The average molecular weight is 398 g/mol. The number of hydrogen-bond donors (Lipinski definition) is 1. The second kappa shape index (κ2) is 10.2. The summed E-state index contributed by atoms with van der Waals surface area (Å²) in [5.74, 6) is 0.523. The molecule has 2 rings (SSSR count). The third-order valence-electron chi connectivity index (χ3n) is 4.74. The van der Waals surface area contributed by atoms with Crippen LogP contribution in [0.15, 0.2) is 62.8 Å². The lowest BCUT2D eigenvalue weighted by atomic mass is 9.97. The Labute approximate surface area is 171 Å². The van der Waals surface area contributed by atoms with Crippen molar-refractivity contribution in [2.45, 2.75) is 59.0 Å². The molecule has 0 radical (unpaired) electrons. The van der Waals surface area contributed by atoms with Crippen LogP contribution in [0.4, 0.5) is 0 Å². The molecule has 0 spiro atoms. The molecule has 0 atom stereocenters. The lowest BCUT2D eigenvalue weighted by molar-refractivity contribution is -0.134. The van der Waals surface area contributed by atoms with Gasteiger partial charge in [-0.25, -0.2) is 4.79 Å². The Morgan fingerprint density at radius 3 is 2.48 bits per heavy atom. The van der Waals surface area contributed by atoms with E-state index >= 15 is 0 Å². The molecule has 5 heteroatoms. The van der Waals surface area contributed by atoms with E-state index in [9.17, 15) is 14.7 Å². The van der Waals surface area contributed by atoms with Crippen molar-refractivity contribution < 1.29 is 19.1 Å². The molecule has 1 aromatic heterocycles. The first kappa shape index (κ1) is 22.6. The maximum absolute atomic E-state index is 11.8. The fourth-order valence-corrected chi connectivity index (χ4v) is 2.78. The maximum atomic E-state index is 11.8. The Hall–Kier alpha value is -2.66. The highest BCUT2D eigenvalue weighted by Crippen LogP contribution is 2.20. The van der Waals surface area contributed by atoms with Gasteiger partial charge >= 0.3 is 5.63 Å². The normalized spacial score (nSPS) is 13.0. The predicted octanol–water partition coefficient (Wildman–Crippen LogP) is 4.96. The molecule has 1 aromatic carbocycles. The van der Waals surface area contributed by atoms with Crippen LogP contribution in [0.2, 0.25) is 0 Å². The van der Waals surface area contributed by atoms with Gasteiger partial charge in [0.05, 0.1) is 0 Å². The first-order valence-corrected chi connectivity index (χ1v) is 9.89. The van der Waals surface area contributed by atoms with Gasteiger partial charge in [-0.05, 0) is 71.2 Å². The molecule has 0 unspecified atom stereocenters. The highest BCUT2D eigenvalue weighted by atomic mass is 16.5. The Balaban J connectivity index is 1.77. The minimum absolute atomic E-state index is 0.133. The van der Waals surface area contributed by atoms with E-state index in [-0.39, 0.29) is 11.4 Å². The molecule has 2 aromatic rings. The summed E-state index contributed by atoms with van der Waals surface area (Å²) >= 11 is 0. The van der Waals surface area contributed by atoms with Crippen molar-refractivity contribution in [1.82, 2.24) is 0 Å². The van der Waals surface area contributed by atoms with E-state index < -0.39 is 5.60 Å². The van der Waals surface area contributed by atoms with E-state index in [4.69, 9.17) is 9.15 Å². The highest BCUT2D eigenvalue weighted by molar-refractivity contribution is 5.86. The Kier molecular flexibility index (Phi) is 7.97. The van der Waals surface area contributed by atoms with E-state index in [1.54, 1.807) is 12.1 Å². The number of aliphatic hydroxyl groups is 1. The number of rotatable bonds is 10. The number of allylic oxidation sites excluding steroid dienone is 3. The lowest BCUT2D eigenvalue weighted by Gasteiger charge is -2.15. The van der Waals surface area contributed by atoms with Gasteiger partial charge in [0.15, 0.2) is 5.78 Å².